The van der Waals surface area contributed by atoms with Gasteiger partial charge in [0.05, 0.1) is 16.5 Å². The van der Waals surface area contributed by atoms with Crippen molar-refractivity contribution in [2.75, 3.05) is 6.54 Å². The van der Waals surface area contributed by atoms with E-state index < -0.39 is 0 Å². The molecular formula is C21H21N3O4S. The van der Waals surface area contributed by atoms with Gasteiger partial charge in [0.25, 0.3) is 5.56 Å². The lowest BCUT2D eigenvalue weighted by atomic mass is 10.3. The Labute approximate surface area is 171 Å². The van der Waals surface area contributed by atoms with Gasteiger partial charge in [-0.25, -0.2) is 0 Å². The van der Waals surface area contributed by atoms with Crippen molar-refractivity contribution >= 4 is 35.2 Å². The monoisotopic (exact) mass is 411 g/mol. The van der Waals surface area contributed by atoms with Crippen LogP contribution in [0.4, 0.5) is 0 Å². The van der Waals surface area contributed by atoms with Gasteiger partial charge in [0, 0.05) is 18.8 Å². The third-order valence-corrected chi connectivity index (χ3v) is 5.14. The summed E-state index contributed by atoms with van der Waals surface area (Å²) in [5.41, 5.74) is 0.277. The molecule has 8 heteroatoms. The molecule has 0 aliphatic heterocycles. The Morgan fingerprint density at radius 2 is 2.14 bits per heavy atom. The summed E-state index contributed by atoms with van der Waals surface area (Å²) in [6, 6.07) is 8.54. The van der Waals surface area contributed by atoms with Crippen molar-refractivity contribution < 1.29 is 14.0 Å². The van der Waals surface area contributed by atoms with Crippen LogP contribution >= 0.6 is 11.3 Å². The van der Waals surface area contributed by atoms with Gasteiger partial charge in [0.2, 0.25) is 11.7 Å². The summed E-state index contributed by atoms with van der Waals surface area (Å²) < 4.78 is 7.20. The first kappa shape index (κ1) is 20.5. The number of hydrogen-bond acceptors (Lipinski definition) is 6. The van der Waals surface area contributed by atoms with Crippen LogP contribution in [0.3, 0.4) is 0 Å². The number of pyridine rings is 1. The molecule has 29 heavy (non-hydrogen) atoms. The maximum atomic E-state index is 12.9. The van der Waals surface area contributed by atoms with Crippen molar-refractivity contribution in [1.82, 2.24) is 14.9 Å². The summed E-state index contributed by atoms with van der Waals surface area (Å²) in [5.74, 6) is -0.483. The van der Waals surface area contributed by atoms with Gasteiger partial charge >= 0.3 is 0 Å². The second-order valence-corrected chi connectivity index (χ2v) is 7.35. The fraction of sp³-hybridized carbons (Fsp3) is 0.238. The minimum atomic E-state index is -0.374. The molecule has 0 radical (unpaired) electrons. The van der Waals surface area contributed by atoms with E-state index in [1.807, 2.05) is 13.0 Å². The van der Waals surface area contributed by atoms with Crippen LogP contribution in [0.1, 0.15) is 36.0 Å². The van der Waals surface area contributed by atoms with Gasteiger partial charge in [0.1, 0.15) is 11.2 Å². The van der Waals surface area contributed by atoms with Gasteiger partial charge in [-0.3, -0.25) is 23.9 Å². The highest BCUT2D eigenvalue weighted by Gasteiger charge is 2.12. The van der Waals surface area contributed by atoms with Crippen molar-refractivity contribution in [2.24, 2.45) is 0 Å². The maximum absolute atomic E-state index is 12.9. The van der Waals surface area contributed by atoms with E-state index in [1.54, 1.807) is 36.5 Å². The minimum Gasteiger partial charge on any atom is -0.461 e. The van der Waals surface area contributed by atoms with Crippen LogP contribution in [0.2, 0.25) is 0 Å². The van der Waals surface area contributed by atoms with Gasteiger partial charge in [-0.05, 0) is 36.8 Å². The molecule has 0 unspecified atom stereocenters. The van der Waals surface area contributed by atoms with Gasteiger partial charge in [0.15, 0.2) is 5.76 Å². The van der Waals surface area contributed by atoms with Gasteiger partial charge < -0.3 is 9.73 Å². The van der Waals surface area contributed by atoms with E-state index in [1.165, 1.54) is 16.9 Å². The van der Waals surface area contributed by atoms with E-state index in [4.69, 9.17) is 4.42 Å². The zero-order chi connectivity index (χ0) is 20.6. The zero-order valence-corrected chi connectivity index (χ0v) is 16.8. The van der Waals surface area contributed by atoms with Gasteiger partial charge in [-0.15, -0.1) is 11.3 Å². The number of nitrogens with zero attached hydrogens (tertiary/aromatic N) is 2. The van der Waals surface area contributed by atoms with Crippen molar-refractivity contribution in [1.29, 1.82) is 0 Å². The Balaban J connectivity index is 2.02. The van der Waals surface area contributed by atoms with Crippen LogP contribution in [0, 0.1) is 0 Å². The van der Waals surface area contributed by atoms with E-state index in [0.29, 0.717) is 21.4 Å². The lowest BCUT2D eigenvalue weighted by Crippen LogP contribution is -2.38. The Hall–Kier alpha value is -3.26. The lowest BCUT2D eigenvalue weighted by Gasteiger charge is -2.04. The summed E-state index contributed by atoms with van der Waals surface area (Å²) >= 11 is 1.13. The van der Waals surface area contributed by atoms with Gasteiger partial charge in [-0.2, -0.15) is 0 Å². The molecule has 0 aliphatic carbocycles. The highest BCUT2D eigenvalue weighted by molar-refractivity contribution is 7.07. The number of amides is 1. The van der Waals surface area contributed by atoms with E-state index in [9.17, 15) is 14.4 Å². The number of hydrogen-bond donors (Lipinski definition) is 1. The van der Waals surface area contributed by atoms with Crippen molar-refractivity contribution in [3.8, 4) is 0 Å². The fourth-order valence-electron chi connectivity index (χ4n) is 2.59. The Kier molecular flexibility index (Phi) is 6.91. The third-order valence-electron chi connectivity index (χ3n) is 4.08. The molecular weight excluding hydrogens is 390 g/mol. The molecule has 3 aromatic heterocycles. The number of nitrogens with one attached hydrogen (secondary N) is 1. The van der Waals surface area contributed by atoms with Gasteiger partial charge in [-0.1, -0.05) is 19.4 Å². The molecule has 150 valence electrons. The molecule has 3 heterocycles. The normalized spacial score (nSPS) is 12.3. The molecule has 0 saturated carbocycles. The predicted molar refractivity (Wildman–Crippen MR) is 111 cm³/mol. The standard InChI is InChI=1S/C21H21N3O4S/c1-2-3-9-23-19(26)14-24-20(13-16(25)17-8-6-11-28-17)29-18(21(24)27)12-15-7-4-5-10-22-15/h4-8,10-13H,2-3,9,14H2,1H3,(H,23,26)/b18-12+,20-13-. The average Bonchev–Trinajstić information content (AvgIpc) is 3.34. The topological polar surface area (TPSA) is 94.2 Å². The molecule has 0 aromatic carbocycles. The highest BCUT2D eigenvalue weighted by Crippen LogP contribution is 2.02. The maximum Gasteiger partial charge on any atom is 0.269 e. The summed E-state index contributed by atoms with van der Waals surface area (Å²) in [6.07, 6.45) is 7.82. The van der Waals surface area contributed by atoms with Crippen LogP contribution < -0.4 is 20.1 Å². The largest absolute Gasteiger partial charge is 0.461 e. The first-order valence-corrected chi connectivity index (χ1v) is 10.1. The zero-order valence-electron chi connectivity index (χ0n) is 16.0. The first-order chi connectivity index (χ1) is 14.1. The third kappa shape index (κ3) is 5.39. The molecule has 0 saturated heterocycles. The number of carbonyl (C=O) groups excluding carboxylic acids is 2. The number of carbonyl (C=O) groups is 2. The minimum absolute atomic E-state index is 0.160. The summed E-state index contributed by atoms with van der Waals surface area (Å²) in [7, 11) is 0. The second-order valence-electron chi connectivity index (χ2n) is 6.28. The molecule has 1 N–H and O–H groups in total. The number of furan rings is 1. The Morgan fingerprint density at radius 3 is 2.83 bits per heavy atom. The molecule has 0 aliphatic rings. The van der Waals surface area contributed by atoms with Crippen LogP contribution in [0.15, 0.2) is 52.0 Å². The highest BCUT2D eigenvalue weighted by atomic mass is 32.1. The molecule has 0 spiro atoms. The summed E-state index contributed by atoms with van der Waals surface area (Å²) in [6.45, 7) is 2.42. The van der Waals surface area contributed by atoms with Crippen LogP contribution in [-0.4, -0.2) is 27.8 Å². The van der Waals surface area contributed by atoms with Crippen LogP contribution in [0.25, 0.3) is 12.2 Å². The number of unbranched alkanes of at least 4 members (excludes halogenated alkanes) is 1. The van der Waals surface area contributed by atoms with Crippen LogP contribution in [-0.2, 0) is 11.3 Å². The molecule has 3 aromatic rings. The van der Waals surface area contributed by atoms with Crippen LogP contribution in [0.5, 0.6) is 0 Å². The SMILES string of the molecule is CCCCNC(=O)Cn1c(=O)/c(=C\c2ccccn2)s/c1=C\C(=O)c1ccco1. The second kappa shape index (κ2) is 9.79. The molecule has 7 nitrogen and oxygen atoms in total. The molecule has 1 amide bonds. The van der Waals surface area contributed by atoms with E-state index in [-0.39, 0.29) is 29.6 Å². The molecule has 0 bridgehead atoms. The van der Waals surface area contributed by atoms with Crippen molar-refractivity contribution in [2.45, 2.75) is 26.3 Å². The van der Waals surface area contributed by atoms with E-state index >= 15 is 0 Å². The molecule has 3 rings (SSSR count). The number of thiazole rings is 1. The molecule has 0 fully saturated rings. The van der Waals surface area contributed by atoms with E-state index in [0.717, 1.165) is 24.2 Å². The smallest absolute Gasteiger partial charge is 0.269 e. The average molecular weight is 411 g/mol. The summed E-state index contributed by atoms with van der Waals surface area (Å²) in [4.78, 5) is 41.8. The van der Waals surface area contributed by atoms with Crippen molar-refractivity contribution in [3.63, 3.8) is 0 Å². The number of rotatable bonds is 8. The number of aromatic nitrogens is 2. The Bertz CT molecular complexity index is 1150. The van der Waals surface area contributed by atoms with E-state index in [2.05, 4.69) is 10.3 Å². The summed E-state index contributed by atoms with van der Waals surface area (Å²) in [5, 5.41) is 2.79. The number of Topliss-reactive ketones (excluding diaryl/α,β-unsaturated/α-hetero) is 1. The molecule has 0 atom stereocenters. The Morgan fingerprint density at radius 1 is 1.28 bits per heavy atom. The number of ketones is 1. The lowest BCUT2D eigenvalue weighted by molar-refractivity contribution is -0.121. The fourth-order valence-corrected chi connectivity index (χ4v) is 3.62. The first-order valence-electron chi connectivity index (χ1n) is 9.27. The van der Waals surface area contributed by atoms with Crippen molar-refractivity contribution in [3.05, 3.63) is 73.8 Å². The predicted octanol–water partition coefficient (Wildman–Crippen LogP) is 1.31. The quantitative estimate of drug-likeness (QED) is 0.446.